The van der Waals surface area contributed by atoms with Crippen molar-refractivity contribution in [2.45, 2.75) is 50.5 Å². The standard InChI is InChI=1S/C16H23FN2O2S/c1-12-11-16(8-4-5-9-16)19(22(20,21)18(2)3)15-7-6-13(17)10-14(12)15/h6-7,10,12H,4-5,8-9,11H2,1-3H3/t12-/m0/s1. The predicted octanol–water partition coefficient (Wildman–Crippen LogP) is 3.26. The molecule has 1 aromatic rings. The molecule has 0 unspecified atom stereocenters. The fourth-order valence-electron chi connectivity index (χ4n) is 4.10. The third kappa shape index (κ3) is 2.24. The van der Waals surface area contributed by atoms with Crippen molar-refractivity contribution in [3.63, 3.8) is 0 Å². The lowest BCUT2D eigenvalue weighted by atomic mass is 9.78. The molecule has 1 fully saturated rings. The highest BCUT2D eigenvalue weighted by Gasteiger charge is 2.50. The van der Waals surface area contributed by atoms with Crippen LogP contribution in [0.2, 0.25) is 0 Å². The number of benzene rings is 1. The van der Waals surface area contributed by atoms with Crippen LogP contribution in [0.5, 0.6) is 0 Å². The van der Waals surface area contributed by atoms with E-state index in [0.29, 0.717) is 5.69 Å². The summed E-state index contributed by atoms with van der Waals surface area (Å²) in [7, 11) is -0.488. The van der Waals surface area contributed by atoms with E-state index in [0.717, 1.165) is 37.7 Å². The maximum atomic E-state index is 13.6. The van der Waals surface area contributed by atoms with Gasteiger partial charge in [-0.2, -0.15) is 12.7 Å². The zero-order valence-electron chi connectivity index (χ0n) is 13.3. The molecular formula is C16H23FN2O2S. The van der Waals surface area contributed by atoms with Gasteiger partial charge in [0.1, 0.15) is 5.82 Å². The van der Waals surface area contributed by atoms with E-state index in [2.05, 4.69) is 6.92 Å². The zero-order valence-corrected chi connectivity index (χ0v) is 14.2. The summed E-state index contributed by atoms with van der Waals surface area (Å²) in [5.41, 5.74) is 1.09. The average Bonchev–Trinajstić information content (AvgIpc) is 2.88. The van der Waals surface area contributed by atoms with Crippen molar-refractivity contribution in [1.82, 2.24) is 4.31 Å². The summed E-state index contributed by atoms with van der Waals surface area (Å²) < 4.78 is 42.4. The van der Waals surface area contributed by atoms with Crippen molar-refractivity contribution in [3.05, 3.63) is 29.6 Å². The summed E-state index contributed by atoms with van der Waals surface area (Å²) >= 11 is 0. The zero-order chi connectivity index (χ0) is 16.1. The van der Waals surface area contributed by atoms with Gasteiger partial charge in [-0.1, -0.05) is 19.8 Å². The number of hydrogen-bond donors (Lipinski definition) is 0. The highest BCUT2D eigenvalue weighted by molar-refractivity contribution is 7.90. The lowest BCUT2D eigenvalue weighted by Gasteiger charge is -2.48. The van der Waals surface area contributed by atoms with Gasteiger partial charge in [0, 0.05) is 14.1 Å². The second-order valence-corrected chi connectivity index (χ2v) is 8.79. The molecule has 2 aliphatic rings. The highest BCUT2D eigenvalue weighted by Crippen LogP contribution is 2.52. The smallest absolute Gasteiger partial charge is 0.251 e. The van der Waals surface area contributed by atoms with Gasteiger partial charge in [-0.25, -0.2) is 4.39 Å². The predicted molar refractivity (Wildman–Crippen MR) is 85.7 cm³/mol. The van der Waals surface area contributed by atoms with Gasteiger partial charge in [0.15, 0.2) is 0 Å². The topological polar surface area (TPSA) is 40.6 Å². The van der Waals surface area contributed by atoms with Crippen molar-refractivity contribution >= 4 is 15.9 Å². The molecule has 22 heavy (non-hydrogen) atoms. The number of fused-ring (bicyclic) bond motifs is 1. The van der Waals surface area contributed by atoms with Crippen molar-refractivity contribution in [3.8, 4) is 0 Å². The first kappa shape index (κ1) is 15.7. The molecule has 1 saturated carbocycles. The van der Waals surface area contributed by atoms with E-state index in [1.807, 2.05) is 0 Å². The lowest BCUT2D eigenvalue weighted by Crippen LogP contribution is -2.56. The fraction of sp³-hybridized carbons (Fsp3) is 0.625. The van der Waals surface area contributed by atoms with Crippen molar-refractivity contribution in [1.29, 1.82) is 0 Å². The molecule has 4 nitrogen and oxygen atoms in total. The Hall–Kier alpha value is -1.14. The molecule has 6 heteroatoms. The molecule has 1 heterocycles. The van der Waals surface area contributed by atoms with E-state index < -0.39 is 10.2 Å². The number of anilines is 1. The van der Waals surface area contributed by atoms with Crippen LogP contribution in [0.25, 0.3) is 0 Å². The van der Waals surface area contributed by atoms with Gasteiger partial charge in [-0.05, 0) is 48.9 Å². The van der Waals surface area contributed by atoms with Gasteiger partial charge in [0.25, 0.3) is 0 Å². The Morgan fingerprint density at radius 2 is 1.91 bits per heavy atom. The number of rotatable bonds is 2. The van der Waals surface area contributed by atoms with Crippen LogP contribution in [0.15, 0.2) is 18.2 Å². The van der Waals surface area contributed by atoms with E-state index in [4.69, 9.17) is 0 Å². The quantitative estimate of drug-likeness (QED) is 0.837. The van der Waals surface area contributed by atoms with Gasteiger partial charge in [0.05, 0.1) is 11.2 Å². The third-order valence-corrected chi connectivity index (χ3v) is 7.05. The number of nitrogens with zero attached hydrogens (tertiary/aromatic N) is 2. The Bertz CT molecular complexity index is 681. The number of hydrogen-bond acceptors (Lipinski definition) is 2. The largest absolute Gasteiger partial charge is 0.304 e. The molecule has 1 aromatic carbocycles. The first-order chi connectivity index (χ1) is 10.3. The summed E-state index contributed by atoms with van der Waals surface area (Å²) in [6.07, 6.45) is 4.60. The Morgan fingerprint density at radius 3 is 2.50 bits per heavy atom. The number of halogens is 1. The molecular weight excluding hydrogens is 303 g/mol. The SMILES string of the molecule is C[C@H]1CC2(CCCC2)N(S(=O)(=O)N(C)C)c2ccc(F)cc21. The molecule has 1 spiro atoms. The van der Waals surface area contributed by atoms with Crippen LogP contribution in [0.3, 0.4) is 0 Å². The maximum absolute atomic E-state index is 13.6. The Morgan fingerprint density at radius 1 is 1.27 bits per heavy atom. The van der Waals surface area contributed by atoms with Gasteiger partial charge < -0.3 is 0 Å². The minimum Gasteiger partial charge on any atom is -0.251 e. The Labute approximate surface area is 132 Å². The summed E-state index contributed by atoms with van der Waals surface area (Å²) in [5.74, 6) is -0.146. The van der Waals surface area contributed by atoms with Crippen LogP contribution < -0.4 is 4.31 Å². The fourth-order valence-corrected chi connectivity index (χ4v) is 5.58. The van der Waals surface area contributed by atoms with E-state index >= 15 is 0 Å². The van der Waals surface area contributed by atoms with Crippen molar-refractivity contribution < 1.29 is 12.8 Å². The summed E-state index contributed by atoms with van der Waals surface area (Å²) in [5, 5.41) is 0. The van der Waals surface area contributed by atoms with Crippen LogP contribution in [0.4, 0.5) is 10.1 Å². The summed E-state index contributed by atoms with van der Waals surface area (Å²) in [6, 6.07) is 4.47. The van der Waals surface area contributed by atoms with Gasteiger partial charge >= 0.3 is 10.2 Å². The molecule has 3 rings (SSSR count). The highest BCUT2D eigenvalue weighted by atomic mass is 32.2. The van der Waals surface area contributed by atoms with E-state index in [1.165, 1.54) is 16.4 Å². The Kier molecular flexibility index (Phi) is 3.72. The average molecular weight is 326 g/mol. The van der Waals surface area contributed by atoms with Crippen molar-refractivity contribution in [2.24, 2.45) is 0 Å². The second-order valence-electron chi connectivity index (χ2n) is 6.79. The molecule has 1 atom stereocenters. The van der Waals surface area contributed by atoms with Crippen LogP contribution in [-0.2, 0) is 10.2 Å². The minimum atomic E-state index is -3.60. The molecule has 0 amide bonds. The summed E-state index contributed by atoms with van der Waals surface area (Å²) in [4.78, 5) is 0. The molecule has 1 aliphatic carbocycles. The van der Waals surface area contributed by atoms with Crippen LogP contribution in [0.1, 0.15) is 50.5 Å². The first-order valence-electron chi connectivity index (χ1n) is 7.80. The Balaban J connectivity index is 2.23. The molecule has 122 valence electrons. The normalized spacial score (nSPS) is 24.0. The van der Waals surface area contributed by atoms with Crippen LogP contribution in [0, 0.1) is 5.82 Å². The van der Waals surface area contributed by atoms with Crippen LogP contribution in [-0.4, -0.2) is 32.4 Å². The summed E-state index contributed by atoms with van der Waals surface area (Å²) in [6.45, 7) is 2.07. The third-order valence-electron chi connectivity index (χ3n) is 5.08. The van der Waals surface area contributed by atoms with Crippen LogP contribution >= 0.6 is 0 Å². The lowest BCUT2D eigenvalue weighted by molar-refractivity contribution is 0.352. The molecule has 0 aromatic heterocycles. The molecule has 0 bridgehead atoms. The monoisotopic (exact) mass is 326 g/mol. The second kappa shape index (κ2) is 5.20. The van der Waals surface area contributed by atoms with Gasteiger partial charge in [-0.15, -0.1) is 0 Å². The van der Waals surface area contributed by atoms with E-state index in [-0.39, 0.29) is 17.3 Å². The van der Waals surface area contributed by atoms with E-state index in [1.54, 1.807) is 24.5 Å². The van der Waals surface area contributed by atoms with Gasteiger partial charge in [-0.3, -0.25) is 4.31 Å². The molecule has 1 aliphatic heterocycles. The minimum absolute atomic E-state index is 0.164. The van der Waals surface area contributed by atoms with Crippen molar-refractivity contribution in [2.75, 3.05) is 18.4 Å². The molecule has 0 N–H and O–H groups in total. The first-order valence-corrected chi connectivity index (χ1v) is 9.20. The van der Waals surface area contributed by atoms with Gasteiger partial charge in [0.2, 0.25) is 0 Å². The van der Waals surface area contributed by atoms with E-state index in [9.17, 15) is 12.8 Å². The maximum Gasteiger partial charge on any atom is 0.304 e. The molecule has 0 radical (unpaired) electrons. The molecule has 0 saturated heterocycles.